The minimum absolute atomic E-state index is 0.152. The van der Waals surface area contributed by atoms with E-state index < -0.39 is 126 Å². The zero-order chi connectivity index (χ0) is 35.2. The number of rotatable bonds is 6. The van der Waals surface area contributed by atoms with E-state index in [9.17, 15) is 49.8 Å². The van der Waals surface area contributed by atoms with Gasteiger partial charge in [-0.05, 0) is 31.8 Å². The van der Waals surface area contributed by atoms with E-state index in [4.69, 9.17) is 28.4 Å². The maximum absolute atomic E-state index is 14.1. The lowest BCUT2D eigenvalue weighted by Gasteiger charge is -2.68. The predicted octanol–water partition coefficient (Wildman–Crippen LogP) is -2.22. The Morgan fingerprint density at radius 2 is 1.73 bits per heavy atom. The Bertz CT molecular complexity index is 1450. The lowest BCUT2D eigenvalue weighted by atomic mass is 9.38. The molecule has 16 heteroatoms. The Hall–Kier alpha value is -2.96. The molecule has 6 N–H and O–H groups in total. The van der Waals surface area contributed by atoms with Crippen molar-refractivity contribution in [3.05, 3.63) is 23.0 Å². The molecule has 6 rings (SSSR count). The molecule has 2 bridgehead atoms. The molecule has 16 nitrogen and oxygen atoms in total. The molecule has 3 heterocycles. The van der Waals surface area contributed by atoms with Crippen LogP contribution in [-0.4, -0.2) is 135 Å². The maximum atomic E-state index is 14.1. The second-order valence-electron chi connectivity index (χ2n) is 14.3. The number of carbonyl (C=O) groups is 4. The second kappa shape index (κ2) is 11.8. The quantitative estimate of drug-likeness (QED) is 0.0987. The van der Waals surface area contributed by atoms with Gasteiger partial charge in [0.2, 0.25) is 6.29 Å². The first-order valence-electron chi connectivity index (χ1n) is 15.9. The summed E-state index contributed by atoms with van der Waals surface area (Å²) in [5, 5.41) is 64.4. The third kappa shape index (κ3) is 4.57. The first-order chi connectivity index (χ1) is 22.5. The Labute approximate surface area is 275 Å². The molecule has 6 aliphatic rings. The third-order valence-electron chi connectivity index (χ3n) is 11.5. The molecule has 0 radical (unpaired) electrons. The van der Waals surface area contributed by atoms with Crippen LogP contribution in [0, 0.1) is 28.6 Å². The fourth-order valence-corrected chi connectivity index (χ4v) is 9.79. The Kier molecular flexibility index (Phi) is 8.60. The molecule has 0 amide bonds. The minimum atomic E-state index is -2.15. The monoisotopic (exact) mass is 682 g/mol. The molecule has 0 aromatic carbocycles. The van der Waals surface area contributed by atoms with Gasteiger partial charge in [-0.25, -0.2) is 9.59 Å². The van der Waals surface area contributed by atoms with Gasteiger partial charge in [-0.15, -0.1) is 0 Å². The van der Waals surface area contributed by atoms with E-state index in [0.717, 1.165) is 7.11 Å². The van der Waals surface area contributed by atoms with Gasteiger partial charge >= 0.3 is 17.9 Å². The van der Waals surface area contributed by atoms with E-state index in [1.807, 2.05) is 0 Å². The number of ether oxygens (including phenoxy) is 6. The number of methoxy groups -OCH3 is 1. The van der Waals surface area contributed by atoms with Crippen LogP contribution in [-0.2, 0) is 47.6 Å². The van der Waals surface area contributed by atoms with Crippen molar-refractivity contribution in [3.63, 3.8) is 0 Å². The largest absolute Gasteiger partial charge is 0.467 e. The number of allylic oxidation sites excluding steroid dienone is 2. The highest BCUT2D eigenvalue weighted by molar-refractivity contribution is 5.96. The SMILES string of the molecule is COC(=O)C12OC[C@]34[C@H](OC(=O)C[C@@H]13)[C@H](OC(=O)C=C(C)C)[C@H]1C(C)=C(O[C@@H]3O[C@H](CO)[C@@H](O)[C@H](O)[C@H]3O)C(=O)C[C@]1(C)[C@H]4[C@@H](O)[C@@H]2O. The van der Waals surface area contributed by atoms with Crippen LogP contribution in [0.5, 0.6) is 0 Å². The molecular formula is C32H42O16. The Morgan fingerprint density at radius 3 is 2.35 bits per heavy atom. The Balaban J connectivity index is 1.52. The molecule has 266 valence electrons. The zero-order valence-electron chi connectivity index (χ0n) is 27.1. The van der Waals surface area contributed by atoms with E-state index >= 15 is 0 Å². The first-order valence-corrected chi connectivity index (χ1v) is 15.9. The summed E-state index contributed by atoms with van der Waals surface area (Å²) in [6.07, 6.45) is -14.2. The van der Waals surface area contributed by atoms with Crippen LogP contribution in [0.25, 0.3) is 0 Å². The van der Waals surface area contributed by atoms with Gasteiger partial charge in [-0.1, -0.05) is 12.5 Å². The van der Waals surface area contributed by atoms with E-state index in [1.165, 1.54) is 13.0 Å². The number of ketones is 1. The van der Waals surface area contributed by atoms with E-state index in [0.29, 0.717) is 5.57 Å². The van der Waals surface area contributed by atoms with Gasteiger partial charge < -0.3 is 59.1 Å². The van der Waals surface area contributed by atoms with Crippen LogP contribution in [0.3, 0.4) is 0 Å². The van der Waals surface area contributed by atoms with Gasteiger partial charge in [0, 0.05) is 35.7 Å². The standard InChI is InChI=1S/C32H42O16/c1-11(2)6-16(35)46-24-18-12(3)23(48-28-21(39)20(38)19(37)14(9-33)45-28)13(34)8-30(18,4)25-22(40)26(41)32(29(42)43-5)15-7-17(36)47-27(24)31(15,25)10-44-32/h6,14-15,18-22,24-28,33,37-41H,7-10H2,1-5H3/t14-,15-,18-,19-,20+,21-,22-,24-,25-,26+,27-,28+,30+,31+,32?/m1/s1. The van der Waals surface area contributed by atoms with Crippen molar-refractivity contribution in [1.82, 2.24) is 0 Å². The summed E-state index contributed by atoms with van der Waals surface area (Å²) < 4.78 is 34.5. The highest BCUT2D eigenvalue weighted by Gasteiger charge is 2.84. The van der Waals surface area contributed by atoms with E-state index in [1.54, 1.807) is 20.8 Å². The van der Waals surface area contributed by atoms with E-state index in [-0.39, 0.29) is 24.4 Å². The summed E-state index contributed by atoms with van der Waals surface area (Å²) in [7, 11) is 1.09. The predicted molar refractivity (Wildman–Crippen MR) is 155 cm³/mol. The van der Waals surface area contributed by atoms with Crippen molar-refractivity contribution >= 4 is 23.7 Å². The summed E-state index contributed by atoms with van der Waals surface area (Å²) in [5.41, 5.74) is -4.19. The van der Waals surface area contributed by atoms with Gasteiger partial charge in [0.15, 0.2) is 17.1 Å². The molecule has 3 aliphatic carbocycles. The molecule has 0 aromatic heterocycles. The molecule has 15 atom stereocenters. The third-order valence-corrected chi connectivity index (χ3v) is 11.5. The zero-order valence-corrected chi connectivity index (χ0v) is 27.1. The van der Waals surface area contributed by atoms with Crippen LogP contribution < -0.4 is 0 Å². The smallest absolute Gasteiger partial charge is 0.341 e. The van der Waals surface area contributed by atoms with Crippen molar-refractivity contribution in [2.24, 2.45) is 28.6 Å². The average molecular weight is 683 g/mol. The van der Waals surface area contributed by atoms with Crippen molar-refractivity contribution in [1.29, 1.82) is 0 Å². The lowest BCUT2D eigenvalue weighted by molar-refractivity contribution is -0.300. The molecule has 3 saturated heterocycles. The molecule has 1 unspecified atom stereocenters. The minimum Gasteiger partial charge on any atom is -0.467 e. The number of aliphatic hydroxyl groups is 6. The van der Waals surface area contributed by atoms with Crippen molar-refractivity contribution in [2.45, 2.75) is 101 Å². The van der Waals surface area contributed by atoms with Crippen LogP contribution in [0.15, 0.2) is 23.0 Å². The number of aliphatic hydroxyl groups excluding tert-OH is 6. The van der Waals surface area contributed by atoms with Crippen molar-refractivity contribution in [3.8, 4) is 0 Å². The van der Waals surface area contributed by atoms with Crippen molar-refractivity contribution < 1.29 is 78.2 Å². The average Bonchev–Trinajstić information content (AvgIpc) is 3.30. The number of Topliss-reactive ketones (excluding diaryl/α,β-unsaturated/α-hetero) is 1. The van der Waals surface area contributed by atoms with Gasteiger partial charge in [0.05, 0.1) is 32.8 Å². The van der Waals surface area contributed by atoms with Crippen molar-refractivity contribution in [2.75, 3.05) is 20.3 Å². The van der Waals surface area contributed by atoms with Gasteiger partial charge in [-0.3, -0.25) is 9.59 Å². The number of esters is 3. The van der Waals surface area contributed by atoms with Crippen LogP contribution in [0.4, 0.5) is 0 Å². The van der Waals surface area contributed by atoms with Crippen LogP contribution in [0.1, 0.15) is 40.5 Å². The second-order valence-corrected chi connectivity index (χ2v) is 14.3. The summed E-state index contributed by atoms with van der Waals surface area (Å²) in [4.78, 5) is 54.0. The summed E-state index contributed by atoms with van der Waals surface area (Å²) >= 11 is 0. The first kappa shape index (κ1) is 34.9. The van der Waals surface area contributed by atoms with Gasteiger partial charge in [0.1, 0.15) is 42.7 Å². The molecule has 5 fully saturated rings. The fourth-order valence-electron chi connectivity index (χ4n) is 9.79. The molecule has 1 spiro atoms. The number of hydrogen-bond donors (Lipinski definition) is 6. The topological polar surface area (TPSA) is 245 Å². The fraction of sp³-hybridized carbons (Fsp3) is 0.750. The highest BCUT2D eigenvalue weighted by atomic mass is 16.7. The van der Waals surface area contributed by atoms with Gasteiger partial charge in [-0.2, -0.15) is 0 Å². The Morgan fingerprint density at radius 1 is 1.04 bits per heavy atom. The van der Waals surface area contributed by atoms with Gasteiger partial charge in [0.25, 0.3) is 0 Å². The number of carbonyl (C=O) groups excluding carboxylic acids is 4. The summed E-state index contributed by atoms with van der Waals surface area (Å²) in [6, 6.07) is 0. The molecule has 2 saturated carbocycles. The summed E-state index contributed by atoms with van der Waals surface area (Å²) in [6.45, 7) is 5.46. The molecule has 48 heavy (non-hydrogen) atoms. The number of fused-ring (bicyclic) bond motifs is 2. The maximum Gasteiger partial charge on any atom is 0.341 e. The van der Waals surface area contributed by atoms with Crippen LogP contribution >= 0.6 is 0 Å². The molecule has 0 aromatic rings. The van der Waals surface area contributed by atoms with E-state index in [2.05, 4.69) is 0 Å². The molecule has 3 aliphatic heterocycles. The highest BCUT2D eigenvalue weighted by Crippen LogP contribution is 2.73. The lowest BCUT2D eigenvalue weighted by Crippen LogP contribution is -2.79. The van der Waals surface area contributed by atoms with Crippen LogP contribution in [0.2, 0.25) is 0 Å². The normalized spacial score (nSPS) is 47.7. The molecular weight excluding hydrogens is 640 g/mol. The number of hydrogen-bond acceptors (Lipinski definition) is 16. The summed E-state index contributed by atoms with van der Waals surface area (Å²) in [5.74, 6) is -6.76.